The van der Waals surface area contributed by atoms with Crippen LogP contribution in [0.1, 0.15) is 10.5 Å². The normalized spacial score (nSPS) is 10.6. The highest BCUT2D eigenvalue weighted by Gasteiger charge is 2.19. The molecule has 0 bridgehead atoms. The highest BCUT2D eigenvalue weighted by atomic mass is 35.5. The molecule has 3 rings (SSSR count). The number of aromatic nitrogens is 1. The number of ether oxygens (including phenoxy) is 1. The lowest BCUT2D eigenvalue weighted by atomic mass is 10.2. The van der Waals surface area contributed by atoms with E-state index in [9.17, 15) is 4.79 Å². The summed E-state index contributed by atoms with van der Waals surface area (Å²) in [5, 5.41) is 8.48. The molecule has 0 saturated heterocycles. The Morgan fingerprint density at radius 3 is 2.56 bits per heavy atom. The smallest absolute Gasteiger partial charge is 0.276 e. The fraction of sp³-hybridized carbons (Fsp3) is 0.0588. The Labute approximate surface area is 148 Å². The third kappa shape index (κ3) is 3.22. The molecule has 0 aliphatic carbocycles. The SMILES string of the molecule is CN(C(=N)N)C(=O)c1cc2c(Cl)ccc(Oc3ccc(N)cc3)c2[nH]1. The molecule has 25 heavy (non-hydrogen) atoms. The Bertz CT molecular complexity index is 965. The van der Waals surface area contributed by atoms with Crippen molar-refractivity contribution in [2.24, 2.45) is 5.73 Å². The maximum atomic E-state index is 12.4. The van der Waals surface area contributed by atoms with Gasteiger partial charge in [-0.3, -0.25) is 15.1 Å². The summed E-state index contributed by atoms with van der Waals surface area (Å²) in [7, 11) is 1.42. The van der Waals surface area contributed by atoms with E-state index < -0.39 is 5.91 Å². The van der Waals surface area contributed by atoms with Crippen molar-refractivity contribution in [3.05, 3.63) is 53.2 Å². The summed E-state index contributed by atoms with van der Waals surface area (Å²) < 4.78 is 5.87. The number of guanidine groups is 1. The fourth-order valence-corrected chi connectivity index (χ4v) is 2.52. The number of anilines is 1. The molecule has 1 heterocycles. The van der Waals surface area contributed by atoms with Crippen LogP contribution in [0.4, 0.5) is 5.69 Å². The summed E-state index contributed by atoms with van der Waals surface area (Å²) in [6, 6.07) is 12.0. The van der Waals surface area contributed by atoms with Gasteiger partial charge in [-0.2, -0.15) is 0 Å². The molecule has 7 nitrogen and oxygen atoms in total. The van der Waals surface area contributed by atoms with Crippen LogP contribution in [-0.4, -0.2) is 28.8 Å². The topological polar surface area (TPSA) is 121 Å². The molecule has 3 aromatic rings. The second-order valence-electron chi connectivity index (χ2n) is 5.44. The first-order valence-electron chi connectivity index (χ1n) is 7.33. The summed E-state index contributed by atoms with van der Waals surface area (Å²) in [6.07, 6.45) is 0. The molecule has 0 spiro atoms. The van der Waals surface area contributed by atoms with Gasteiger partial charge in [0.15, 0.2) is 11.7 Å². The van der Waals surface area contributed by atoms with Crippen molar-refractivity contribution < 1.29 is 9.53 Å². The lowest BCUT2D eigenvalue weighted by Gasteiger charge is -2.12. The Hall–Kier alpha value is -3.19. The van der Waals surface area contributed by atoms with Crippen molar-refractivity contribution in [1.29, 1.82) is 5.41 Å². The minimum atomic E-state index is -0.446. The van der Waals surface area contributed by atoms with E-state index >= 15 is 0 Å². The summed E-state index contributed by atoms with van der Waals surface area (Å²) >= 11 is 6.23. The van der Waals surface area contributed by atoms with Crippen molar-refractivity contribution in [3.63, 3.8) is 0 Å². The second kappa shape index (κ2) is 6.37. The number of carbonyl (C=O) groups is 1. The van der Waals surface area contributed by atoms with Gasteiger partial charge in [-0.25, -0.2) is 0 Å². The molecule has 0 fully saturated rings. The predicted molar refractivity (Wildman–Crippen MR) is 98.2 cm³/mol. The molecule has 1 aromatic heterocycles. The Kier molecular flexibility index (Phi) is 4.24. The van der Waals surface area contributed by atoms with Gasteiger partial charge >= 0.3 is 0 Å². The summed E-state index contributed by atoms with van der Waals surface area (Å²) in [5.41, 5.74) is 12.5. The number of rotatable bonds is 3. The molecule has 6 N–H and O–H groups in total. The zero-order chi connectivity index (χ0) is 18.1. The number of carbonyl (C=O) groups excluding carboxylic acids is 1. The van der Waals surface area contributed by atoms with E-state index in [1.807, 2.05) is 0 Å². The monoisotopic (exact) mass is 357 g/mol. The average molecular weight is 358 g/mol. The molecule has 0 radical (unpaired) electrons. The van der Waals surface area contributed by atoms with E-state index in [4.69, 9.17) is 33.2 Å². The summed E-state index contributed by atoms with van der Waals surface area (Å²) in [5.74, 6) is 0.307. The molecule has 128 valence electrons. The van der Waals surface area contributed by atoms with Crippen LogP contribution in [-0.2, 0) is 0 Å². The van der Waals surface area contributed by atoms with Crippen LogP contribution in [0.2, 0.25) is 5.02 Å². The summed E-state index contributed by atoms with van der Waals surface area (Å²) in [4.78, 5) is 16.4. The molecular weight excluding hydrogens is 342 g/mol. The minimum Gasteiger partial charge on any atom is -0.455 e. The first kappa shape index (κ1) is 16.7. The van der Waals surface area contributed by atoms with Crippen molar-refractivity contribution in [3.8, 4) is 11.5 Å². The quantitative estimate of drug-likeness (QED) is 0.327. The van der Waals surface area contributed by atoms with Crippen LogP contribution < -0.4 is 16.2 Å². The number of hydrogen-bond donors (Lipinski definition) is 4. The van der Waals surface area contributed by atoms with Gasteiger partial charge in [0.2, 0.25) is 0 Å². The number of benzene rings is 2. The first-order chi connectivity index (χ1) is 11.9. The second-order valence-corrected chi connectivity index (χ2v) is 5.84. The Morgan fingerprint density at radius 1 is 1.24 bits per heavy atom. The molecular formula is C17H16ClN5O2. The average Bonchev–Trinajstić information content (AvgIpc) is 3.04. The van der Waals surface area contributed by atoms with Gasteiger partial charge < -0.3 is 21.2 Å². The number of fused-ring (bicyclic) bond motifs is 1. The van der Waals surface area contributed by atoms with Gasteiger partial charge in [0.1, 0.15) is 11.4 Å². The van der Waals surface area contributed by atoms with Crippen molar-refractivity contribution in [2.75, 3.05) is 12.8 Å². The number of nitrogen functional groups attached to an aromatic ring is 1. The third-order valence-electron chi connectivity index (χ3n) is 3.71. The third-order valence-corrected chi connectivity index (χ3v) is 4.04. The zero-order valence-corrected chi connectivity index (χ0v) is 14.1. The number of hydrogen-bond acceptors (Lipinski definition) is 4. The van der Waals surface area contributed by atoms with Crippen molar-refractivity contribution >= 4 is 40.1 Å². The zero-order valence-electron chi connectivity index (χ0n) is 13.3. The van der Waals surface area contributed by atoms with Gasteiger partial charge in [-0.05, 0) is 42.5 Å². The predicted octanol–water partition coefficient (Wildman–Crippen LogP) is 3.16. The highest BCUT2D eigenvalue weighted by Crippen LogP contribution is 2.34. The Morgan fingerprint density at radius 2 is 1.92 bits per heavy atom. The molecule has 1 amide bonds. The van der Waals surface area contributed by atoms with Crippen molar-refractivity contribution in [2.45, 2.75) is 0 Å². The van der Waals surface area contributed by atoms with Crippen LogP contribution in [0.15, 0.2) is 42.5 Å². The largest absolute Gasteiger partial charge is 0.455 e. The van der Waals surface area contributed by atoms with Crippen molar-refractivity contribution in [1.82, 2.24) is 9.88 Å². The van der Waals surface area contributed by atoms with E-state index in [1.54, 1.807) is 42.5 Å². The summed E-state index contributed by atoms with van der Waals surface area (Å²) in [6.45, 7) is 0. The van der Waals surface area contributed by atoms with Gasteiger partial charge in [-0.15, -0.1) is 0 Å². The number of nitrogens with one attached hydrogen (secondary N) is 2. The maximum absolute atomic E-state index is 12.4. The first-order valence-corrected chi connectivity index (χ1v) is 7.71. The molecule has 0 aliphatic rings. The van der Waals surface area contributed by atoms with E-state index in [1.165, 1.54) is 7.05 Å². The fourth-order valence-electron chi connectivity index (χ4n) is 2.31. The molecule has 0 unspecified atom stereocenters. The molecule has 8 heteroatoms. The van der Waals surface area contributed by atoms with Gasteiger partial charge in [-0.1, -0.05) is 11.6 Å². The number of aromatic amines is 1. The van der Waals surface area contributed by atoms with E-state index in [0.717, 1.165) is 4.90 Å². The molecule has 0 aliphatic heterocycles. The maximum Gasteiger partial charge on any atom is 0.276 e. The number of H-pyrrole nitrogens is 1. The van der Waals surface area contributed by atoms with Crippen LogP contribution in [0, 0.1) is 5.41 Å². The Balaban J connectivity index is 2.03. The number of nitrogens with zero attached hydrogens (tertiary/aromatic N) is 1. The number of halogens is 1. The van der Waals surface area contributed by atoms with E-state index in [0.29, 0.717) is 33.1 Å². The molecule has 2 aromatic carbocycles. The van der Waals surface area contributed by atoms with Crippen LogP contribution in [0.3, 0.4) is 0 Å². The van der Waals surface area contributed by atoms with Crippen LogP contribution in [0.25, 0.3) is 10.9 Å². The van der Waals surface area contributed by atoms with E-state index in [-0.39, 0.29) is 11.7 Å². The highest BCUT2D eigenvalue weighted by molar-refractivity contribution is 6.35. The number of nitrogens with two attached hydrogens (primary N) is 2. The lowest BCUT2D eigenvalue weighted by molar-refractivity contribution is 0.0864. The van der Waals surface area contributed by atoms with Gasteiger partial charge in [0.05, 0.1) is 10.5 Å². The number of amides is 1. The lowest BCUT2D eigenvalue weighted by Crippen LogP contribution is -2.38. The van der Waals surface area contributed by atoms with Gasteiger partial charge in [0.25, 0.3) is 5.91 Å². The minimum absolute atomic E-state index is 0.253. The standard InChI is InChI=1S/C17H16ClN5O2/c1-23(17(20)21)16(24)13-8-11-12(18)6-7-14(15(11)22-13)25-10-4-2-9(19)3-5-10/h2-8,22H,19H2,1H3,(H3,20,21). The van der Waals surface area contributed by atoms with Gasteiger partial charge in [0, 0.05) is 18.1 Å². The molecule has 0 saturated carbocycles. The molecule has 0 atom stereocenters. The van der Waals surface area contributed by atoms with Crippen LogP contribution >= 0.6 is 11.6 Å². The van der Waals surface area contributed by atoms with E-state index in [2.05, 4.69) is 4.98 Å². The van der Waals surface area contributed by atoms with Crippen LogP contribution in [0.5, 0.6) is 11.5 Å².